The smallest absolute Gasteiger partial charge is 0.131 e. The van der Waals surface area contributed by atoms with Gasteiger partial charge in [0.1, 0.15) is 11.6 Å². The summed E-state index contributed by atoms with van der Waals surface area (Å²) < 4.78 is 28.3. The molecule has 2 N–H and O–H groups in total. The van der Waals surface area contributed by atoms with E-state index in [9.17, 15) is 8.78 Å². The maximum atomic E-state index is 13.7. The van der Waals surface area contributed by atoms with Gasteiger partial charge in [-0.05, 0) is 12.1 Å². The van der Waals surface area contributed by atoms with Crippen molar-refractivity contribution < 1.29 is 8.78 Å². The van der Waals surface area contributed by atoms with Crippen molar-refractivity contribution in [2.75, 3.05) is 0 Å². The van der Waals surface area contributed by atoms with Crippen LogP contribution in [0.15, 0.2) is 42.5 Å². The molecule has 0 aliphatic rings. The molecule has 2 aromatic carbocycles. The number of para-hydroxylation sites is 1. The summed E-state index contributed by atoms with van der Waals surface area (Å²) in [6, 6.07) is 11.2. The van der Waals surface area contributed by atoms with Crippen LogP contribution in [0.25, 0.3) is 10.9 Å². The first-order chi connectivity index (χ1) is 9.69. The zero-order chi connectivity index (χ0) is 14.1. The summed E-state index contributed by atoms with van der Waals surface area (Å²) >= 11 is 0. The number of hydrogen-bond acceptors (Lipinski definition) is 2. The lowest BCUT2D eigenvalue weighted by Crippen LogP contribution is -2.05. The number of nitrogens with two attached hydrogens (primary N) is 1. The number of benzene rings is 2. The van der Waals surface area contributed by atoms with Gasteiger partial charge in [-0.25, -0.2) is 8.78 Å². The van der Waals surface area contributed by atoms with Crippen LogP contribution in [0.3, 0.4) is 0 Å². The number of rotatable bonds is 3. The van der Waals surface area contributed by atoms with Gasteiger partial charge in [0.25, 0.3) is 0 Å². The summed E-state index contributed by atoms with van der Waals surface area (Å²) in [5.74, 6) is -1.15. The van der Waals surface area contributed by atoms with E-state index in [0.717, 1.165) is 22.7 Å². The summed E-state index contributed by atoms with van der Waals surface area (Å²) in [4.78, 5) is 0. The van der Waals surface area contributed by atoms with Crippen molar-refractivity contribution in [3.63, 3.8) is 0 Å². The van der Waals surface area contributed by atoms with Crippen LogP contribution in [0.4, 0.5) is 8.78 Å². The van der Waals surface area contributed by atoms with Crippen molar-refractivity contribution in [1.29, 1.82) is 0 Å². The molecule has 0 bridgehead atoms. The molecule has 0 amide bonds. The van der Waals surface area contributed by atoms with Gasteiger partial charge < -0.3 is 5.73 Å². The second-order valence-electron chi connectivity index (χ2n) is 4.56. The number of hydrogen-bond donors (Lipinski definition) is 1. The second-order valence-corrected chi connectivity index (χ2v) is 4.56. The molecule has 0 aliphatic carbocycles. The Morgan fingerprint density at radius 1 is 1.10 bits per heavy atom. The highest BCUT2D eigenvalue weighted by Crippen LogP contribution is 2.20. The maximum Gasteiger partial charge on any atom is 0.131 e. The molecular formula is C15H13F2N3. The molecule has 0 atom stereocenters. The molecule has 1 heterocycles. The fourth-order valence-corrected chi connectivity index (χ4v) is 2.28. The molecule has 0 saturated carbocycles. The summed E-state index contributed by atoms with van der Waals surface area (Å²) in [5.41, 5.74) is 7.72. The van der Waals surface area contributed by atoms with Gasteiger partial charge in [0.15, 0.2) is 0 Å². The van der Waals surface area contributed by atoms with E-state index in [-0.39, 0.29) is 6.54 Å². The molecule has 0 saturated heterocycles. The van der Waals surface area contributed by atoms with E-state index in [1.54, 1.807) is 4.68 Å². The molecule has 0 radical (unpaired) electrons. The number of fused-ring (bicyclic) bond motifs is 1. The van der Waals surface area contributed by atoms with Crippen LogP contribution in [0, 0.1) is 11.6 Å². The quantitative estimate of drug-likeness (QED) is 0.797. The molecular weight excluding hydrogens is 260 g/mol. The first-order valence-electron chi connectivity index (χ1n) is 6.27. The van der Waals surface area contributed by atoms with Crippen LogP contribution in [-0.4, -0.2) is 9.78 Å². The zero-order valence-electron chi connectivity index (χ0n) is 10.7. The topological polar surface area (TPSA) is 43.8 Å². The van der Waals surface area contributed by atoms with Crippen LogP contribution < -0.4 is 5.73 Å². The van der Waals surface area contributed by atoms with Crippen molar-refractivity contribution >= 4 is 10.9 Å². The molecule has 0 spiro atoms. The predicted molar refractivity (Wildman–Crippen MR) is 73.1 cm³/mol. The highest BCUT2D eigenvalue weighted by molar-refractivity contribution is 5.82. The number of aromatic nitrogens is 2. The lowest BCUT2D eigenvalue weighted by molar-refractivity contribution is 0.560. The van der Waals surface area contributed by atoms with Gasteiger partial charge in [0.2, 0.25) is 0 Å². The third-order valence-corrected chi connectivity index (χ3v) is 3.26. The maximum absolute atomic E-state index is 13.7. The Balaban J connectivity index is 2.06. The molecule has 20 heavy (non-hydrogen) atoms. The largest absolute Gasteiger partial charge is 0.325 e. The molecule has 0 fully saturated rings. The molecule has 3 nitrogen and oxygen atoms in total. The highest BCUT2D eigenvalue weighted by Gasteiger charge is 2.11. The van der Waals surface area contributed by atoms with Crippen LogP contribution in [0.1, 0.15) is 11.3 Å². The SMILES string of the molecule is NCc1nn(Cc2ccc(F)cc2F)c2ccccc12. The van der Waals surface area contributed by atoms with Gasteiger partial charge in [-0.15, -0.1) is 0 Å². The van der Waals surface area contributed by atoms with Crippen LogP contribution in [0.5, 0.6) is 0 Å². The average molecular weight is 273 g/mol. The Bertz CT molecular complexity index is 765. The minimum absolute atomic E-state index is 0.243. The molecule has 0 unspecified atom stereocenters. The van der Waals surface area contributed by atoms with Crippen LogP contribution in [-0.2, 0) is 13.1 Å². The monoisotopic (exact) mass is 273 g/mol. The molecule has 5 heteroatoms. The van der Waals surface area contributed by atoms with E-state index in [0.29, 0.717) is 12.1 Å². The highest BCUT2D eigenvalue weighted by atomic mass is 19.1. The molecule has 1 aromatic heterocycles. The Hall–Kier alpha value is -2.27. The van der Waals surface area contributed by atoms with Gasteiger partial charge in [0, 0.05) is 23.6 Å². The van der Waals surface area contributed by atoms with Gasteiger partial charge in [-0.1, -0.05) is 24.3 Å². The fraction of sp³-hybridized carbons (Fsp3) is 0.133. The standard InChI is InChI=1S/C15H13F2N3/c16-11-6-5-10(13(17)7-11)9-20-15-4-2-1-3-12(15)14(8-18)19-20/h1-7H,8-9,18H2. The Kier molecular flexibility index (Phi) is 3.20. The van der Waals surface area contributed by atoms with Gasteiger partial charge in [-0.2, -0.15) is 5.10 Å². The molecule has 0 aliphatic heterocycles. The van der Waals surface area contributed by atoms with Crippen molar-refractivity contribution in [3.8, 4) is 0 Å². The Morgan fingerprint density at radius 2 is 1.90 bits per heavy atom. The van der Waals surface area contributed by atoms with Crippen molar-refractivity contribution in [3.05, 3.63) is 65.4 Å². The summed E-state index contributed by atoms with van der Waals surface area (Å²) in [6.45, 7) is 0.562. The molecule has 3 aromatic rings. The third kappa shape index (κ3) is 2.16. The molecule has 3 rings (SSSR count). The summed E-state index contributed by atoms with van der Waals surface area (Å²) in [5, 5.41) is 5.35. The van der Waals surface area contributed by atoms with Gasteiger partial charge in [0.05, 0.1) is 17.8 Å². The second kappa shape index (κ2) is 5.02. The van der Waals surface area contributed by atoms with Crippen LogP contribution >= 0.6 is 0 Å². The Labute approximate surface area is 114 Å². The fourth-order valence-electron chi connectivity index (χ4n) is 2.28. The minimum Gasteiger partial charge on any atom is -0.325 e. The minimum atomic E-state index is -0.584. The summed E-state index contributed by atoms with van der Waals surface area (Å²) in [7, 11) is 0. The van der Waals surface area contributed by atoms with E-state index in [4.69, 9.17) is 5.73 Å². The van der Waals surface area contributed by atoms with E-state index in [2.05, 4.69) is 5.10 Å². The van der Waals surface area contributed by atoms with Crippen molar-refractivity contribution in [2.24, 2.45) is 5.73 Å². The third-order valence-electron chi connectivity index (χ3n) is 3.26. The predicted octanol–water partition coefficient (Wildman–Crippen LogP) is 2.82. The van der Waals surface area contributed by atoms with Crippen LogP contribution in [0.2, 0.25) is 0 Å². The Morgan fingerprint density at radius 3 is 2.65 bits per heavy atom. The van der Waals surface area contributed by atoms with Gasteiger partial charge in [-0.3, -0.25) is 4.68 Å². The van der Waals surface area contributed by atoms with E-state index >= 15 is 0 Å². The first-order valence-corrected chi connectivity index (χ1v) is 6.27. The number of nitrogens with zero attached hydrogens (tertiary/aromatic N) is 2. The van der Waals surface area contributed by atoms with Crippen molar-refractivity contribution in [2.45, 2.75) is 13.1 Å². The lowest BCUT2D eigenvalue weighted by atomic mass is 10.2. The number of halogens is 2. The lowest BCUT2D eigenvalue weighted by Gasteiger charge is -2.05. The first kappa shape index (κ1) is 12.7. The van der Waals surface area contributed by atoms with E-state index in [1.165, 1.54) is 12.1 Å². The zero-order valence-corrected chi connectivity index (χ0v) is 10.7. The van der Waals surface area contributed by atoms with E-state index in [1.807, 2.05) is 24.3 Å². The van der Waals surface area contributed by atoms with Gasteiger partial charge >= 0.3 is 0 Å². The summed E-state index contributed by atoms with van der Waals surface area (Å²) in [6.07, 6.45) is 0. The molecule has 102 valence electrons. The van der Waals surface area contributed by atoms with Crippen molar-refractivity contribution in [1.82, 2.24) is 9.78 Å². The normalized spacial score (nSPS) is 11.2. The average Bonchev–Trinajstić information content (AvgIpc) is 2.80. The van der Waals surface area contributed by atoms with E-state index < -0.39 is 11.6 Å².